The maximum atomic E-state index is 4.44. The Morgan fingerprint density at radius 1 is 1.40 bits per heavy atom. The van der Waals surface area contributed by atoms with Crippen LogP contribution in [0.4, 0.5) is 0 Å². The lowest BCUT2D eigenvalue weighted by Crippen LogP contribution is -1.89. The van der Waals surface area contributed by atoms with Crippen molar-refractivity contribution in [2.75, 3.05) is 0 Å². The van der Waals surface area contributed by atoms with Crippen molar-refractivity contribution in [2.24, 2.45) is 0 Å². The van der Waals surface area contributed by atoms with Crippen molar-refractivity contribution in [3.8, 4) is 10.7 Å². The zero-order valence-corrected chi connectivity index (χ0v) is 12.2. The van der Waals surface area contributed by atoms with Gasteiger partial charge in [-0.3, -0.25) is 5.10 Å². The molecule has 0 aliphatic rings. The Bertz CT molecular complexity index is 456. The van der Waals surface area contributed by atoms with Gasteiger partial charge in [-0.15, -0.1) is 11.3 Å². The zero-order valence-electron chi connectivity index (χ0n) is 8.21. The molecule has 0 radical (unpaired) electrons. The van der Waals surface area contributed by atoms with Crippen molar-refractivity contribution in [3.63, 3.8) is 0 Å². The summed E-state index contributed by atoms with van der Waals surface area (Å²) in [5, 5.41) is 7.14. The average molecular weight is 351 g/mol. The van der Waals surface area contributed by atoms with Crippen LogP contribution in [0.25, 0.3) is 10.7 Å². The zero-order chi connectivity index (χ0) is 11.0. The van der Waals surface area contributed by atoms with Gasteiger partial charge in [0.05, 0.1) is 8.66 Å². The van der Waals surface area contributed by atoms with Gasteiger partial charge >= 0.3 is 0 Å². The molecule has 0 aliphatic carbocycles. The number of hydrogen-bond acceptors (Lipinski definition) is 3. The molecule has 0 spiro atoms. The molecule has 0 bridgehead atoms. The maximum absolute atomic E-state index is 4.44. The lowest BCUT2D eigenvalue weighted by molar-refractivity contribution is 0.781. The Hall–Kier alpha value is -0.200. The second kappa shape index (κ2) is 4.35. The molecule has 6 heteroatoms. The quantitative estimate of drug-likeness (QED) is 0.882. The largest absolute Gasteiger partial charge is 0.262 e. The summed E-state index contributed by atoms with van der Waals surface area (Å²) in [6.45, 7) is 4.18. The summed E-state index contributed by atoms with van der Waals surface area (Å²) in [6, 6.07) is 2.02. The molecule has 80 valence electrons. The number of aromatic amines is 1. The van der Waals surface area contributed by atoms with Gasteiger partial charge in [0, 0.05) is 10.4 Å². The van der Waals surface area contributed by atoms with Crippen LogP contribution in [-0.2, 0) is 0 Å². The molecular weight excluding hydrogens is 342 g/mol. The highest BCUT2D eigenvalue weighted by Crippen LogP contribution is 2.36. The molecule has 2 aromatic heterocycles. The third-order valence-corrected chi connectivity index (χ3v) is 5.17. The predicted octanol–water partition coefficient (Wildman–Crippen LogP) is 4.18. The number of nitrogens with one attached hydrogen (secondary N) is 1. The summed E-state index contributed by atoms with van der Waals surface area (Å²) in [4.78, 5) is 5.49. The van der Waals surface area contributed by atoms with Crippen molar-refractivity contribution in [1.29, 1.82) is 0 Å². The molecule has 15 heavy (non-hydrogen) atoms. The van der Waals surface area contributed by atoms with Crippen molar-refractivity contribution in [1.82, 2.24) is 15.2 Å². The minimum absolute atomic E-state index is 0.373. The van der Waals surface area contributed by atoms with Gasteiger partial charge in [-0.05, 0) is 37.9 Å². The van der Waals surface area contributed by atoms with Crippen LogP contribution in [0.5, 0.6) is 0 Å². The molecule has 0 saturated heterocycles. The average Bonchev–Trinajstić information content (AvgIpc) is 2.74. The summed E-state index contributed by atoms with van der Waals surface area (Å²) in [5.41, 5.74) is 0. The highest BCUT2D eigenvalue weighted by atomic mass is 79.9. The number of thiophene rings is 1. The van der Waals surface area contributed by atoms with Crippen molar-refractivity contribution in [3.05, 3.63) is 20.1 Å². The lowest BCUT2D eigenvalue weighted by Gasteiger charge is -1.94. The van der Waals surface area contributed by atoms with E-state index < -0.39 is 0 Å². The van der Waals surface area contributed by atoms with E-state index in [0.717, 1.165) is 24.8 Å². The van der Waals surface area contributed by atoms with Crippen LogP contribution in [0, 0.1) is 0 Å². The van der Waals surface area contributed by atoms with E-state index in [4.69, 9.17) is 0 Å². The van der Waals surface area contributed by atoms with Gasteiger partial charge in [0.15, 0.2) is 5.82 Å². The number of rotatable bonds is 2. The van der Waals surface area contributed by atoms with Crippen LogP contribution >= 0.6 is 43.2 Å². The fourth-order valence-electron chi connectivity index (χ4n) is 1.10. The first-order chi connectivity index (χ1) is 7.08. The fraction of sp³-hybridized carbons (Fsp3) is 0.333. The van der Waals surface area contributed by atoms with Crippen LogP contribution in [0.1, 0.15) is 25.6 Å². The summed E-state index contributed by atoms with van der Waals surface area (Å²) in [5.74, 6) is 2.05. The van der Waals surface area contributed by atoms with Crippen molar-refractivity contribution < 1.29 is 0 Å². The number of H-pyrrole nitrogens is 1. The van der Waals surface area contributed by atoms with Gasteiger partial charge in [0.1, 0.15) is 5.82 Å². The number of nitrogens with zero attached hydrogens (tertiary/aromatic N) is 2. The van der Waals surface area contributed by atoms with E-state index in [1.807, 2.05) is 6.07 Å². The number of hydrogen-bond donors (Lipinski definition) is 1. The molecular formula is C9H9Br2N3S. The molecule has 3 nitrogen and oxygen atoms in total. The first-order valence-corrected chi connectivity index (χ1v) is 6.85. The Labute approximate surface area is 109 Å². The molecule has 0 unspecified atom stereocenters. The molecule has 0 aliphatic heterocycles. The van der Waals surface area contributed by atoms with Crippen molar-refractivity contribution >= 4 is 43.2 Å². The Kier molecular flexibility index (Phi) is 3.27. The summed E-state index contributed by atoms with van der Waals surface area (Å²) >= 11 is 8.52. The van der Waals surface area contributed by atoms with E-state index in [1.165, 1.54) is 0 Å². The highest BCUT2D eigenvalue weighted by molar-refractivity contribution is 9.13. The third kappa shape index (κ3) is 2.32. The molecule has 0 atom stereocenters. The van der Waals surface area contributed by atoms with Crippen LogP contribution in [0.3, 0.4) is 0 Å². The van der Waals surface area contributed by atoms with Crippen LogP contribution < -0.4 is 0 Å². The molecule has 2 aromatic rings. The van der Waals surface area contributed by atoms with Gasteiger partial charge < -0.3 is 0 Å². The Morgan fingerprint density at radius 2 is 2.13 bits per heavy atom. The van der Waals surface area contributed by atoms with Crippen LogP contribution in [0.15, 0.2) is 14.3 Å². The molecule has 2 rings (SSSR count). The van der Waals surface area contributed by atoms with Crippen LogP contribution in [0.2, 0.25) is 0 Å². The Morgan fingerprint density at radius 3 is 2.60 bits per heavy atom. The molecule has 0 aromatic carbocycles. The summed E-state index contributed by atoms with van der Waals surface area (Å²) in [7, 11) is 0. The van der Waals surface area contributed by atoms with Gasteiger partial charge in [-0.1, -0.05) is 13.8 Å². The van der Waals surface area contributed by atoms with Crippen LogP contribution in [-0.4, -0.2) is 15.2 Å². The van der Waals surface area contributed by atoms with E-state index in [9.17, 15) is 0 Å². The second-order valence-electron chi connectivity index (χ2n) is 3.43. The van der Waals surface area contributed by atoms with Gasteiger partial charge in [0.25, 0.3) is 0 Å². The smallest absolute Gasteiger partial charge is 0.191 e. The minimum atomic E-state index is 0.373. The molecule has 2 heterocycles. The van der Waals surface area contributed by atoms with Gasteiger partial charge in [-0.2, -0.15) is 5.10 Å². The molecule has 0 amide bonds. The second-order valence-corrected chi connectivity index (χ2v) is 6.66. The SMILES string of the molecule is CC(C)c1nc(-c2cc(Br)c(Br)s2)n[nH]1. The topological polar surface area (TPSA) is 41.6 Å². The molecule has 1 N–H and O–H groups in total. The normalized spacial score (nSPS) is 11.3. The standard InChI is InChI=1S/C9H9Br2N3S/c1-4(2)8-12-9(14-13-8)6-3-5(10)7(11)15-6/h3-4H,1-2H3,(H,12,13,14). The summed E-state index contributed by atoms with van der Waals surface area (Å²) in [6.07, 6.45) is 0. The predicted molar refractivity (Wildman–Crippen MR) is 69.2 cm³/mol. The summed E-state index contributed by atoms with van der Waals surface area (Å²) < 4.78 is 2.10. The fourth-order valence-corrected chi connectivity index (χ4v) is 3.07. The number of aromatic nitrogens is 3. The lowest BCUT2D eigenvalue weighted by atomic mass is 10.2. The minimum Gasteiger partial charge on any atom is -0.262 e. The van der Waals surface area contributed by atoms with Gasteiger partial charge in [-0.25, -0.2) is 4.98 Å². The van der Waals surface area contributed by atoms with E-state index in [1.54, 1.807) is 11.3 Å². The molecule has 0 fully saturated rings. The Balaban J connectivity index is 2.37. The maximum Gasteiger partial charge on any atom is 0.191 e. The number of halogens is 2. The van der Waals surface area contributed by atoms with E-state index in [2.05, 4.69) is 60.9 Å². The van der Waals surface area contributed by atoms with E-state index in [-0.39, 0.29) is 0 Å². The highest BCUT2D eigenvalue weighted by Gasteiger charge is 2.12. The first-order valence-electron chi connectivity index (χ1n) is 4.45. The third-order valence-electron chi connectivity index (χ3n) is 1.92. The van der Waals surface area contributed by atoms with E-state index in [0.29, 0.717) is 5.92 Å². The first kappa shape index (κ1) is 11.3. The van der Waals surface area contributed by atoms with E-state index >= 15 is 0 Å². The van der Waals surface area contributed by atoms with Gasteiger partial charge in [0.2, 0.25) is 0 Å². The monoisotopic (exact) mass is 349 g/mol. The molecule has 0 saturated carbocycles. The van der Waals surface area contributed by atoms with Crippen molar-refractivity contribution in [2.45, 2.75) is 19.8 Å².